The molecule has 4 heteroatoms. The minimum atomic E-state index is 0. The van der Waals surface area contributed by atoms with Gasteiger partial charge in [-0.2, -0.15) is 0 Å². The summed E-state index contributed by atoms with van der Waals surface area (Å²) < 4.78 is 2.47. The maximum Gasteiger partial charge on any atom is 0.386 e. The average molecular weight is 469 g/mol. The highest BCUT2D eigenvalue weighted by molar-refractivity contribution is 14.0. The van der Waals surface area contributed by atoms with Crippen LogP contribution >= 0.6 is 24.0 Å². The van der Waals surface area contributed by atoms with Gasteiger partial charge in [-0.1, -0.05) is 84.0 Å². The molecule has 0 bridgehead atoms. The molecule has 0 aromatic heterocycles. The van der Waals surface area contributed by atoms with Crippen molar-refractivity contribution in [1.82, 2.24) is 0 Å². The van der Waals surface area contributed by atoms with E-state index in [2.05, 4.69) is 42.2 Å². The number of hydrogen-bond donors (Lipinski definition) is 0. The van der Waals surface area contributed by atoms with Gasteiger partial charge in [0.2, 0.25) is 0 Å². The Hall–Kier alpha value is 0.715. The summed E-state index contributed by atoms with van der Waals surface area (Å²) in [5.74, 6) is 0. The lowest BCUT2D eigenvalue weighted by Crippen LogP contribution is -2.57. The van der Waals surface area contributed by atoms with Crippen LogP contribution in [0.3, 0.4) is 0 Å². The summed E-state index contributed by atoms with van der Waals surface area (Å²) in [4.78, 5) is 0. The Kier molecular flexibility index (Phi) is 18.8. The van der Waals surface area contributed by atoms with E-state index in [0.29, 0.717) is 0 Å². The fourth-order valence-electron chi connectivity index (χ4n) is 4.50. The lowest BCUT2D eigenvalue weighted by Gasteiger charge is -2.44. The van der Waals surface area contributed by atoms with Gasteiger partial charge >= 0.3 is 7.55 Å². The predicted molar refractivity (Wildman–Crippen MR) is 129 cm³/mol. The second-order valence-electron chi connectivity index (χ2n) is 10.5. The minimum absolute atomic E-state index is 0. The molecule has 0 atom stereocenters. The number of halogens is 1. The van der Waals surface area contributed by atoms with E-state index in [1.54, 1.807) is 0 Å². The van der Waals surface area contributed by atoms with Crippen LogP contribution in [0.1, 0.15) is 96.8 Å². The van der Waals surface area contributed by atoms with Crippen molar-refractivity contribution >= 4 is 31.5 Å². The molecule has 0 rings (SSSR count). The zero-order valence-electron chi connectivity index (χ0n) is 18.9. The molecular weight excluding hydrogens is 418 g/mol. The van der Waals surface area contributed by atoms with Crippen molar-refractivity contribution < 1.29 is 8.79 Å². The molecule has 154 valence electrons. The van der Waals surface area contributed by atoms with Crippen molar-refractivity contribution in [2.75, 3.05) is 41.8 Å². The molecular formula is C21H51BIN2+. The van der Waals surface area contributed by atoms with Crippen molar-refractivity contribution in [3.05, 3.63) is 0 Å². The van der Waals surface area contributed by atoms with E-state index in [0.717, 1.165) is 0 Å². The summed E-state index contributed by atoms with van der Waals surface area (Å²) in [6.07, 6.45) is 20.4. The van der Waals surface area contributed by atoms with Crippen molar-refractivity contribution in [3.8, 4) is 0 Å². The Labute approximate surface area is 178 Å². The van der Waals surface area contributed by atoms with Crippen LogP contribution in [0.4, 0.5) is 0 Å². The number of unbranched alkanes of at least 4 members (excludes halogenated alkanes) is 13. The quantitative estimate of drug-likeness (QED) is 0.142. The molecule has 0 radical (unpaired) electrons. The molecule has 0 amide bonds. The molecule has 0 saturated carbocycles. The molecule has 0 aliphatic rings. The summed E-state index contributed by atoms with van der Waals surface area (Å²) in [6.45, 7) is 3.68. The first-order valence-electron chi connectivity index (χ1n) is 11.2. The normalized spacial score (nSPS) is 12.2. The first-order valence-corrected chi connectivity index (χ1v) is 11.2. The largest absolute Gasteiger partial charge is 0.473 e. The summed E-state index contributed by atoms with van der Waals surface area (Å²) in [5.41, 5.74) is 0. The molecule has 25 heavy (non-hydrogen) atoms. The van der Waals surface area contributed by atoms with Crippen LogP contribution in [0.2, 0.25) is 0 Å². The van der Waals surface area contributed by atoms with Crippen LogP contribution in [0.25, 0.3) is 0 Å². The Morgan fingerprint density at radius 2 is 0.840 bits per heavy atom. The third-order valence-corrected chi connectivity index (χ3v) is 5.32. The van der Waals surface area contributed by atoms with Gasteiger partial charge in [0, 0.05) is 41.8 Å². The highest BCUT2D eigenvalue weighted by Crippen LogP contribution is 2.13. The van der Waals surface area contributed by atoms with Gasteiger partial charge in [-0.3, -0.25) is 0 Å². The Bertz CT molecular complexity index is 278. The molecule has 0 aromatic rings. The van der Waals surface area contributed by atoms with Crippen LogP contribution in [0, 0.1) is 0 Å². The van der Waals surface area contributed by atoms with Crippen LogP contribution in [0.15, 0.2) is 0 Å². The van der Waals surface area contributed by atoms with Crippen LogP contribution < -0.4 is 0 Å². The van der Waals surface area contributed by atoms with E-state index in [-0.39, 0.29) is 31.5 Å². The van der Waals surface area contributed by atoms with E-state index >= 15 is 0 Å². The van der Waals surface area contributed by atoms with E-state index in [1.165, 1.54) is 105 Å². The smallest absolute Gasteiger partial charge is 0.386 e. The number of quaternary nitrogens is 2. The molecule has 0 unspecified atom stereocenters. The van der Waals surface area contributed by atoms with Gasteiger partial charge in [-0.25, -0.2) is 0 Å². The molecule has 0 spiro atoms. The summed E-state index contributed by atoms with van der Waals surface area (Å²) >= 11 is 0. The molecule has 0 aliphatic carbocycles. The Balaban J connectivity index is 0. The average Bonchev–Trinajstić information content (AvgIpc) is 2.45. The maximum atomic E-state index is 2.44. The highest BCUT2D eigenvalue weighted by atomic mass is 127. The molecule has 2 nitrogen and oxygen atoms in total. The van der Waals surface area contributed by atoms with Crippen molar-refractivity contribution in [2.45, 2.75) is 96.8 Å². The topological polar surface area (TPSA) is 0 Å². The standard InChI is InChI=1S/C21H50BN2.HI/c1-7-8-9-10-11-12-13-14-15-16-17-18-19-20-21-24(5,6)22-23(2,3)4;/h7-22H2,1-6H3;1H/q+1;. The monoisotopic (exact) mass is 469 g/mol. The van der Waals surface area contributed by atoms with Gasteiger partial charge in [0.25, 0.3) is 0 Å². The molecule has 0 N–H and O–H groups in total. The zero-order valence-corrected chi connectivity index (χ0v) is 21.2. The van der Waals surface area contributed by atoms with Crippen molar-refractivity contribution in [2.24, 2.45) is 0 Å². The number of hydrogen-bond acceptors (Lipinski definition) is 0. The highest BCUT2D eigenvalue weighted by Gasteiger charge is 2.18. The van der Waals surface area contributed by atoms with Crippen molar-refractivity contribution in [1.29, 1.82) is 0 Å². The van der Waals surface area contributed by atoms with Gasteiger partial charge in [0.05, 0.1) is 0 Å². The van der Waals surface area contributed by atoms with E-state index in [9.17, 15) is 0 Å². The van der Waals surface area contributed by atoms with E-state index in [1.807, 2.05) is 0 Å². The fraction of sp³-hybridized carbons (Fsp3) is 1.00. The third-order valence-electron chi connectivity index (χ3n) is 5.32. The van der Waals surface area contributed by atoms with Gasteiger partial charge in [0.15, 0.2) is 0 Å². The van der Waals surface area contributed by atoms with E-state index < -0.39 is 0 Å². The van der Waals surface area contributed by atoms with Gasteiger partial charge in [0.1, 0.15) is 0 Å². The molecule has 0 heterocycles. The second kappa shape index (κ2) is 16.9. The third kappa shape index (κ3) is 22.7. The molecule has 0 fully saturated rings. The Morgan fingerprint density at radius 3 is 1.16 bits per heavy atom. The van der Waals surface area contributed by atoms with Crippen LogP contribution in [-0.2, 0) is 0 Å². The summed E-state index contributed by atoms with van der Waals surface area (Å²) in [7, 11) is 12.0. The van der Waals surface area contributed by atoms with Gasteiger partial charge < -0.3 is 8.79 Å². The zero-order chi connectivity index (χ0) is 18.3. The molecule has 0 aromatic carbocycles. The van der Waals surface area contributed by atoms with Crippen molar-refractivity contribution in [3.63, 3.8) is 0 Å². The fourth-order valence-corrected chi connectivity index (χ4v) is 4.50. The number of nitrogens with zero attached hydrogens (tertiary/aromatic N) is 2. The molecule has 0 aliphatic heterocycles. The first-order chi connectivity index (χ1) is 11.3. The lowest BCUT2D eigenvalue weighted by atomic mass is 9.97. The Morgan fingerprint density at radius 1 is 0.520 bits per heavy atom. The minimum Gasteiger partial charge on any atom is -0.473 e. The molecule has 0 saturated heterocycles. The maximum absolute atomic E-state index is 2.44. The summed E-state index contributed by atoms with van der Waals surface area (Å²) in [6, 6.07) is 0. The summed E-state index contributed by atoms with van der Waals surface area (Å²) in [5, 5.41) is 0. The number of rotatable bonds is 17. The SMILES string of the molecule is CCCCCCCCCCCCCCCC[N+](C)(C)[BH2-][N+](C)(C)C.I. The van der Waals surface area contributed by atoms with Gasteiger partial charge in [-0.15, -0.1) is 24.0 Å². The second-order valence-corrected chi connectivity index (χ2v) is 10.5. The first kappa shape index (κ1) is 27.9. The predicted octanol–water partition coefficient (Wildman–Crippen LogP) is 5.87. The van der Waals surface area contributed by atoms with E-state index in [4.69, 9.17) is 0 Å². The van der Waals surface area contributed by atoms with Crippen LogP contribution in [-0.4, -0.2) is 58.1 Å². The van der Waals surface area contributed by atoms with Crippen LogP contribution in [0.5, 0.6) is 0 Å². The van der Waals surface area contributed by atoms with Gasteiger partial charge in [-0.05, 0) is 12.8 Å². The lowest BCUT2D eigenvalue weighted by molar-refractivity contribution is -0.880.